The minimum Gasteiger partial charge on any atom is -0.256 e. The van der Waals surface area contributed by atoms with Crippen molar-refractivity contribution in [2.45, 2.75) is 18.8 Å². The molecular weight excluding hydrogens is 158 g/mol. The number of rotatable bonds is 1. The highest BCUT2D eigenvalue weighted by atomic mass is 14.6. The first-order chi connectivity index (χ1) is 6.45. The summed E-state index contributed by atoms with van der Waals surface area (Å²) in [6.07, 6.45) is 4.64. The van der Waals surface area contributed by atoms with Gasteiger partial charge in [-0.15, -0.1) is 0 Å². The van der Waals surface area contributed by atoms with Gasteiger partial charge in [0, 0.05) is 11.6 Å². The van der Waals surface area contributed by atoms with Crippen LogP contribution in [0.15, 0.2) is 36.5 Å². The van der Waals surface area contributed by atoms with Gasteiger partial charge in [-0.25, -0.2) is 0 Å². The smallest absolute Gasteiger partial charge is 0.0704 e. The molecule has 0 unspecified atom stereocenters. The summed E-state index contributed by atoms with van der Waals surface area (Å²) in [5.41, 5.74) is 2.62. The van der Waals surface area contributed by atoms with Crippen molar-refractivity contribution in [3.63, 3.8) is 0 Å². The molecule has 1 aromatic heterocycles. The van der Waals surface area contributed by atoms with Gasteiger partial charge in [-0.2, -0.15) is 0 Å². The summed E-state index contributed by atoms with van der Waals surface area (Å²) in [5, 5.41) is 1.34. The van der Waals surface area contributed by atoms with Gasteiger partial charge in [0.25, 0.3) is 0 Å². The zero-order valence-electron chi connectivity index (χ0n) is 7.40. The van der Waals surface area contributed by atoms with Crippen molar-refractivity contribution in [2.75, 3.05) is 0 Å². The van der Waals surface area contributed by atoms with Crippen molar-refractivity contribution < 1.29 is 0 Å². The summed E-state index contributed by atoms with van der Waals surface area (Å²) in [7, 11) is 0. The Hall–Kier alpha value is -1.37. The second-order valence-corrected chi connectivity index (χ2v) is 3.69. The van der Waals surface area contributed by atoms with Crippen LogP contribution in [0.4, 0.5) is 0 Å². The van der Waals surface area contributed by atoms with E-state index in [2.05, 4.69) is 29.2 Å². The highest BCUT2D eigenvalue weighted by Crippen LogP contribution is 2.42. The normalized spacial score (nSPS) is 16.3. The Balaban J connectivity index is 2.32. The maximum absolute atomic E-state index is 4.35. The van der Waals surface area contributed by atoms with Crippen LogP contribution in [-0.2, 0) is 0 Å². The molecular formula is C12H11N. The molecule has 0 radical (unpaired) electrons. The van der Waals surface area contributed by atoms with Crippen molar-refractivity contribution >= 4 is 10.9 Å². The zero-order valence-corrected chi connectivity index (χ0v) is 7.40. The van der Waals surface area contributed by atoms with Gasteiger partial charge in [0.15, 0.2) is 0 Å². The van der Waals surface area contributed by atoms with Crippen molar-refractivity contribution in [3.05, 3.63) is 42.1 Å². The fraction of sp³-hybridized carbons (Fsp3) is 0.250. The number of nitrogens with zero attached hydrogens (tertiary/aromatic N) is 1. The number of aromatic nitrogens is 1. The monoisotopic (exact) mass is 169 g/mol. The van der Waals surface area contributed by atoms with E-state index < -0.39 is 0 Å². The molecule has 1 aliphatic rings. The third-order valence-corrected chi connectivity index (χ3v) is 2.70. The largest absolute Gasteiger partial charge is 0.256 e. The van der Waals surface area contributed by atoms with Crippen LogP contribution in [0, 0.1) is 0 Å². The Morgan fingerprint density at radius 1 is 1.08 bits per heavy atom. The molecule has 64 valence electrons. The second-order valence-electron chi connectivity index (χ2n) is 3.69. The lowest BCUT2D eigenvalue weighted by Gasteiger charge is -2.02. The first kappa shape index (κ1) is 7.07. The molecule has 1 heterocycles. The Morgan fingerprint density at radius 2 is 1.92 bits per heavy atom. The molecule has 0 aliphatic heterocycles. The van der Waals surface area contributed by atoms with Gasteiger partial charge in [-0.1, -0.05) is 18.2 Å². The Labute approximate surface area is 77.4 Å². The van der Waals surface area contributed by atoms with E-state index in [1.54, 1.807) is 0 Å². The zero-order chi connectivity index (χ0) is 8.67. The highest BCUT2D eigenvalue weighted by Gasteiger charge is 2.24. The van der Waals surface area contributed by atoms with Crippen molar-refractivity contribution in [2.24, 2.45) is 0 Å². The molecule has 0 saturated heterocycles. The van der Waals surface area contributed by atoms with Crippen LogP contribution >= 0.6 is 0 Å². The summed E-state index contributed by atoms with van der Waals surface area (Å²) in [4.78, 5) is 4.35. The first-order valence-electron chi connectivity index (χ1n) is 4.79. The van der Waals surface area contributed by atoms with Crippen molar-refractivity contribution in [1.82, 2.24) is 4.98 Å². The lowest BCUT2D eigenvalue weighted by molar-refractivity contribution is 1.14. The number of hydrogen-bond acceptors (Lipinski definition) is 1. The van der Waals surface area contributed by atoms with E-state index in [4.69, 9.17) is 0 Å². The van der Waals surface area contributed by atoms with Crippen LogP contribution in [-0.4, -0.2) is 4.98 Å². The Kier molecular flexibility index (Phi) is 1.39. The third-order valence-electron chi connectivity index (χ3n) is 2.70. The molecule has 1 nitrogen and oxygen atoms in total. The molecule has 0 amide bonds. The molecule has 3 rings (SSSR count). The van der Waals surface area contributed by atoms with Gasteiger partial charge in [0.2, 0.25) is 0 Å². The average Bonchev–Trinajstić information content (AvgIpc) is 3.00. The summed E-state index contributed by atoms with van der Waals surface area (Å²) in [5.74, 6) is 0.813. The molecule has 1 heteroatoms. The van der Waals surface area contributed by atoms with E-state index in [0.717, 1.165) is 11.4 Å². The molecule has 2 aromatic rings. The summed E-state index contributed by atoms with van der Waals surface area (Å²) in [6.45, 7) is 0. The molecule has 0 spiro atoms. The first-order valence-corrected chi connectivity index (χ1v) is 4.79. The molecule has 0 bridgehead atoms. The maximum atomic E-state index is 4.35. The predicted octanol–water partition coefficient (Wildman–Crippen LogP) is 3.11. The van der Waals surface area contributed by atoms with Gasteiger partial charge in [-0.3, -0.25) is 4.98 Å². The average molecular weight is 169 g/mol. The van der Waals surface area contributed by atoms with E-state index in [0.29, 0.717) is 0 Å². The topological polar surface area (TPSA) is 12.9 Å². The van der Waals surface area contributed by atoms with Gasteiger partial charge < -0.3 is 0 Å². The molecule has 1 aromatic carbocycles. The van der Waals surface area contributed by atoms with E-state index in [-0.39, 0.29) is 0 Å². The summed E-state index contributed by atoms with van der Waals surface area (Å²) >= 11 is 0. The van der Waals surface area contributed by atoms with E-state index in [1.165, 1.54) is 23.8 Å². The van der Waals surface area contributed by atoms with Crippen LogP contribution < -0.4 is 0 Å². The van der Waals surface area contributed by atoms with Crippen LogP contribution in [0.2, 0.25) is 0 Å². The Bertz CT molecular complexity index is 438. The number of hydrogen-bond donors (Lipinski definition) is 0. The second kappa shape index (κ2) is 2.56. The molecule has 1 saturated carbocycles. The standard InChI is InChI=1S/C12H11N/c1-2-4-12-11(3-1)10(7-8-13-12)9-5-6-9/h1-4,7-9H,5-6H2. The predicted molar refractivity (Wildman–Crippen MR) is 53.7 cm³/mol. The van der Waals surface area contributed by atoms with Gasteiger partial charge >= 0.3 is 0 Å². The number of para-hydroxylation sites is 1. The SMILES string of the molecule is c1ccc2c(C3CC3)ccnc2c1. The Morgan fingerprint density at radius 3 is 2.77 bits per heavy atom. The lowest BCUT2D eigenvalue weighted by Crippen LogP contribution is -1.84. The van der Waals surface area contributed by atoms with E-state index >= 15 is 0 Å². The molecule has 1 fully saturated rings. The number of benzene rings is 1. The van der Waals surface area contributed by atoms with Crippen molar-refractivity contribution in [1.29, 1.82) is 0 Å². The fourth-order valence-electron chi connectivity index (χ4n) is 1.87. The fourth-order valence-corrected chi connectivity index (χ4v) is 1.87. The van der Waals surface area contributed by atoms with Crippen molar-refractivity contribution in [3.8, 4) is 0 Å². The lowest BCUT2D eigenvalue weighted by atomic mass is 10.1. The minimum absolute atomic E-state index is 0.813. The van der Waals surface area contributed by atoms with Crippen LogP contribution in [0.1, 0.15) is 24.3 Å². The third kappa shape index (κ3) is 1.12. The maximum Gasteiger partial charge on any atom is 0.0704 e. The molecule has 0 atom stereocenters. The molecule has 0 N–H and O–H groups in total. The van der Waals surface area contributed by atoms with Crippen LogP contribution in [0.3, 0.4) is 0 Å². The molecule has 13 heavy (non-hydrogen) atoms. The quantitative estimate of drug-likeness (QED) is 0.639. The summed E-state index contributed by atoms with van der Waals surface area (Å²) < 4.78 is 0. The van der Waals surface area contributed by atoms with E-state index in [9.17, 15) is 0 Å². The number of fused-ring (bicyclic) bond motifs is 1. The van der Waals surface area contributed by atoms with Crippen LogP contribution in [0.5, 0.6) is 0 Å². The molecule has 1 aliphatic carbocycles. The van der Waals surface area contributed by atoms with E-state index in [1.807, 2.05) is 12.3 Å². The van der Waals surface area contributed by atoms with Gasteiger partial charge in [0.1, 0.15) is 0 Å². The minimum atomic E-state index is 0.813. The summed E-state index contributed by atoms with van der Waals surface area (Å²) in [6, 6.07) is 10.6. The number of pyridine rings is 1. The highest BCUT2D eigenvalue weighted by molar-refractivity contribution is 5.82. The van der Waals surface area contributed by atoms with Gasteiger partial charge in [0.05, 0.1) is 5.52 Å². The van der Waals surface area contributed by atoms with Gasteiger partial charge in [-0.05, 0) is 36.5 Å². The van der Waals surface area contributed by atoms with Crippen LogP contribution in [0.25, 0.3) is 10.9 Å².